The van der Waals surface area contributed by atoms with Gasteiger partial charge < -0.3 is 4.74 Å². The van der Waals surface area contributed by atoms with E-state index in [2.05, 4.69) is 4.74 Å². The molecule has 0 saturated heterocycles. The normalized spacial score (nSPS) is 15.0. The molecule has 246 valence electrons. The van der Waals surface area contributed by atoms with Crippen LogP contribution in [0, 0.1) is 0 Å². The van der Waals surface area contributed by atoms with Gasteiger partial charge in [-0.05, 0) is 31.4 Å². The summed E-state index contributed by atoms with van der Waals surface area (Å²) in [6.07, 6.45) is -11.9. The fraction of sp³-hybridized carbons (Fsp3) is 0.565. The number of alkyl halides is 17. The molecule has 0 aromatic heterocycles. The standard InChI is InChI=1S/C23H17F17O3/c1-12(41)14(11-13-7-3-2-4-8-13)15(42)43-10-6-5-9-16(24,25)17(26,27)18(28,29)19(30,31)20(32,33)21(34,35)22(36,37)23(38,39)40/h2-4,7-8,11H,5-6,9-10H2,1H3. The van der Waals surface area contributed by atoms with E-state index in [0.717, 1.165) is 13.0 Å². The molecule has 1 aromatic carbocycles. The van der Waals surface area contributed by atoms with E-state index in [1.807, 2.05) is 0 Å². The van der Waals surface area contributed by atoms with Gasteiger partial charge in [-0.25, -0.2) is 4.79 Å². The summed E-state index contributed by atoms with van der Waals surface area (Å²) >= 11 is 0. The molecule has 1 aromatic rings. The van der Waals surface area contributed by atoms with E-state index in [1.54, 1.807) is 6.07 Å². The van der Waals surface area contributed by atoms with Gasteiger partial charge in [0.05, 0.1) is 6.61 Å². The Morgan fingerprint density at radius 2 is 1.05 bits per heavy atom. The zero-order valence-electron chi connectivity index (χ0n) is 20.9. The lowest BCUT2D eigenvalue weighted by molar-refractivity contribution is -0.461. The van der Waals surface area contributed by atoms with Crippen molar-refractivity contribution in [2.45, 2.75) is 73.8 Å². The van der Waals surface area contributed by atoms with Gasteiger partial charge in [-0.1, -0.05) is 30.3 Å². The van der Waals surface area contributed by atoms with Crippen molar-refractivity contribution in [1.29, 1.82) is 0 Å². The Hall–Kier alpha value is -3.09. The van der Waals surface area contributed by atoms with Crippen LogP contribution in [0.1, 0.15) is 31.7 Å². The van der Waals surface area contributed by atoms with Crippen LogP contribution in [0.15, 0.2) is 35.9 Å². The number of halogens is 17. The fourth-order valence-corrected chi connectivity index (χ4v) is 3.07. The Labute approximate surface area is 229 Å². The number of benzene rings is 1. The van der Waals surface area contributed by atoms with E-state index in [4.69, 9.17) is 0 Å². The summed E-state index contributed by atoms with van der Waals surface area (Å²) in [7, 11) is 0. The van der Waals surface area contributed by atoms with Gasteiger partial charge in [0, 0.05) is 6.42 Å². The average Bonchev–Trinajstić information content (AvgIpc) is 2.85. The molecule has 0 atom stereocenters. The Kier molecular flexibility index (Phi) is 10.7. The molecule has 3 nitrogen and oxygen atoms in total. The monoisotopic (exact) mass is 664 g/mol. The van der Waals surface area contributed by atoms with Crippen LogP contribution in [0.5, 0.6) is 0 Å². The van der Waals surface area contributed by atoms with E-state index in [1.165, 1.54) is 24.3 Å². The van der Waals surface area contributed by atoms with Crippen molar-refractivity contribution in [2.24, 2.45) is 0 Å². The second kappa shape index (κ2) is 12.1. The molecule has 0 aliphatic carbocycles. The highest BCUT2D eigenvalue weighted by atomic mass is 19.4. The molecule has 0 aliphatic rings. The topological polar surface area (TPSA) is 43.4 Å². The zero-order valence-corrected chi connectivity index (χ0v) is 20.9. The molecule has 0 bridgehead atoms. The van der Waals surface area contributed by atoms with E-state index < -0.39 is 90.8 Å². The lowest BCUT2D eigenvalue weighted by atomic mass is 9.88. The molecule has 0 aliphatic heterocycles. The number of Topliss-reactive ketones (excluding diaryl/α,β-unsaturated/α-hetero) is 1. The number of hydrogen-bond acceptors (Lipinski definition) is 3. The fourth-order valence-electron chi connectivity index (χ4n) is 3.07. The van der Waals surface area contributed by atoms with E-state index >= 15 is 0 Å². The number of ketones is 1. The molecule has 0 heterocycles. The van der Waals surface area contributed by atoms with Gasteiger partial charge in [0.1, 0.15) is 5.57 Å². The predicted octanol–water partition coefficient (Wildman–Crippen LogP) is 8.38. The van der Waals surface area contributed by atoms with Gasteiger partial charge >= 0.3 is 53.6 Å². The van der Waals surface area contributed by atoms with Gasteiger partial charge in [0.25, 0.3) is 0 Å². The molecular weight excluding hydrogens is 647 g/mol. The highest BCUT2D eigenvalue weighted by Crippen LogP contribution is 2.64. The second-order valence-corrected chi connectivity index (χ2v) is 8.77. The van der Waals surface area contributed by atoms with Crippen molar-refractivity contribution in [3.8, 4) is 0 Å². The first-order valence-electron chi connectivity index (χ1n) is 11.2. The van der Waals surface area contributed by atoms with Crippen LogP contribution in [-0.4, -0.2) is 66.0 Å². The maximum absolute atomic E-state index is 13.9. The smallest absolute Gasteiger partial charge is 0.460 e. The number of hydrogen-bond donors (Lipinski definition) is 0. The summed E-state index contributed by atoms with van der Waals surface area (Å²) < 4.78 is 230. The Balaban J connectivity index is 3.08. The van der Waals surface area contributed by atoms with Crippen molar-refractivity contribution in [2.75, 3.05) is 6.61 Å². The third-order valence-corrected chi connectivity index (χ3v) is 5.62. The van der Waals surface area contributed by atoms with E-state index in [0.29, 0.717) is 5.56 Å². The first-order chi connectivity index (χ1) is 19.0. The van der Waals surface area contributed by atoms with Crippen LogP contribution in [0.3, 0.4) is 0 Å². The van der Waals surface area contributed by atoms with Gasteiger partial charge in [-0.3, -0.25) is 4.79 Å². The first-order valence-corrected chi connectivity index (χ1v) is 11.2. The van der Waals surface area contributed by atoms with Gasteiger partial charge in [-0.15, -0.1) is 0 Å². The summed E-state index contributed by atoms with van der Waals surface area (Å²) in [4.78, 5) is 23.7. The largest absolute Gasteiger partial charge is 0.462 e. The minimum atomic E-state index is -8.68. The predicted molar refractivity (Wildman–Crippen MR) is 111 cm³/mol. The number of ether oxygens (including phenoxy) is 1. The van der Waals surface area contributed by atoms with Crippen LogP contribution in [0.25, 0.3) is 6.08 Å². The minimum Gasteiger partial charge on any atom is -0.462 e. The number of carbonyl (C=O) groups excluding carboxylic acids is 2. The maximum atomic E-state index is 13.9. The lowest BCUT2D eigenvalue weighted by Crippen LogP contribution is -2.74. The molecular formula is C23H17F17O3. The summed E-state index contributed by atoms with van der Waals surface area (Å²) in [5.41, 5.74) is -0.312. The molecule has 0 fully saturated rings. The number of esters is 1. The minimum absolute atomic E-state index is 0.301. The highest BCUT2D eigenvalue weighted by Gasteiger charge is 2.95. The molecule has 0 N–H and O–H groups in total. The van der Waals surface area contributed by atoms with Crippen LogP contribution in [0.2, 0.25) is 0 Å². The second-order valence-electron chi connectivity index (χ2n) is 8.77. The number of unbranched alkanes of at least 4 members (excludes halogenated alkanes) is 1. The average molecular weight is 664 g/mol. The van der Waals surface area contributed by atoms with Crippen molar-refractivity contribution in [3.05, 3.63) is 41.5 Å². The molecule has 0 saturated carbocycles. The van der Waals surface area contributed by atoms with Crippen molar-refractivity contribution in [3.63, 3.8) is 0 Å². The highest BCUT2D eigenvalue weighted by molar-refractivity contribution is 6.19. The third kappa shape index (κ3) is 6.71. The third-order valence-electron chi connectivity index (χ3n) is 5.62. The summed E-state index contributed by atoms with van der Waals surface area (Å²) in [5, 5.41) is 0. The van der Waals surface area contributed by atoms with Crippen LogP contribution < -0.4 is 0 Å². The van der Waals surface area contributed by atoms with Gasteiger partial charge in [0.15, 0.2) is 5.78 Å². The molecule has 0 amide bonds. The van der Waals surface area contributed by atoms with Crippen LogP contribution >= 0.6 is 0 Å². The molecule has 43 heavy (non-hydrogen) atoms. The van der Waals surface area contributed by atoms with Crippen molar-refractivity contribution < 1.29 is 89.0 Å². The summed E-state index contributed by atoms with van der Waals surface area (Å²) in [5.74, 6) is -59.0. The SMILES string of the molecule is CC(=O)C(=Cc1ccccc1)C(=O)OCCCCC(F)(F)C(F)(F)C(F)(F)C(F)(F)C(F)(F)C(F)(F)C(F)(F)C(F)(F)F. The molecule has 1 rings (SSSR count). The lowest BCUT2D eigenvalue weighted by Gasteiger charge is -2.42. The zero-order chi connectivity index (χ0) is 34.1. The summed E-state index contributed by atoms with van der Waals surface area (Å²) in [6, 6.07) is 7.41. The van der Waals surface area contributed by atoms with Crippen molar-refractivity contribution in [1.82, 2.24) is 0 Å². The maximum Gasteiger partial charge on any atom is 0.460 e. The van der Waals surface area contributed by atoms with Crippen LogP contribution in [0.4, 0.5) is 74.6 Å². The van der Waals surface area contributed by atoms with E-state index in [9.17, 15) is 84.2 Å². The summed E-state index contributed by atoms with van der Waals surface area (Å²) in [6.45, 7) is -0.110. The van der Waals surface area contributed by atoms with Gasteiger partial charge in [0.2, 0.25) is 0 Å². The Morgan fingerprint density at radius 1 is 0.628 bits per heavy atom. The molecule has 0 radical (unpaired) electrons. The number of rotatable bonds is 14. The Bertz CT molecular complexity index is 1170. The Morgan fingerprint density at radius 3 is 1.47 bits per heavy atom. The van der Waals surface area contributed by atoms with Crippen LogP contribution in [-0.2, 0) is 14.3 Å². The molecule has 0 spiro atoms. The van der Waals surface area contributed by atoms with E-state index in [-0.39, 0.29) is 0 Å². The quantitative estimate of drug-likeness (QED) is 0.0502. The molecule has 0 unspecified atom stereocenters. The van der Waals surface area contributed by atoms with Crippen molar-refractivity contribution >= 4 is 17.8 Å². The van der Waals surface area contributed by atoms with Gasteiger partial charge in [-0.2, -0.15) is 74.6 Å². The number of carbonyl (C=O) groups is 2. The first kappa shape index (κ1) is 37.9. The molecule has 20 heteroatoms.